The van der Waals surface area contributed by atoms with Crippen molar-refractivity contribution in [1.82, 2.24) is 14.7 Å². The van der Waals surface area contributed by atoms with E-state index in [9.17, 15) is 18.8 Å². The van der Waals surface area contributed by atoms with Crippen molar-refractivity contribution in [2.45, 2.75) is 12.8 Å². The zero-order valence-corrected chi connectivity index (χ0v) is 15.8. The van der Waals surface area contributed by atoms with Gasteiger partial charge in [0.05, 0.1) is 5.69 Å². The minimum Gasteiger partial charge on any atom is -0.366 e. The lowest BCUT2D eigenvalue weighted by molar-refractivity contribution is -0.151. The van der Waals surface area contributed by atoms with E-state index >= 15 is 0 Å². The molecular formula is C20H25FN4O3. The van der Waals surface area contributed by atoms with Crippen LogP contribution in [0.25, 0.3) is 0 Å². The quantitative estimate of drug-likeness (QED) is 0.558. The molecule has 4 rings (SSSR count). The summed E-state index contributed by atoms with van der Waals surface area (Å²) in [7, 11) is 0. The SMILES string of the molecule is O=CN1CCN(C(=O)C2(C(=O)N3CCN(c4ccccc4F)CC3)CC2)CC1. The molecule has 1 aromatic rings. The van der Waals surface area contributed by atoms with Gasteiger partial charge in [-0.25, -0.2) is 4.39 Å². The number of benzene rings is 1. The first-order chi connectivity index (χ1) is 13.5. The largest absolute Gasteiger partial charge is 0.366 e. The molecule has 1 aliphatic carbocycles. The molecule has 3 amide bonds. The summed E-state index contributed by atoms with van der Waals surface area (Å²) in [5.74, 6) is -0.450. The van der Waals surface area contributed by atoms with Gasteiger partial charge >= 0.3 is 0 Å². The van der Waals surface area contributed by atoms with Gasteiger partial charge in [-0.1, -0.05) is 12.1 Å². The van der Waals surface area contributed by atoms with E-state index in [0.717, 1.165) is 6.41 Å². The molecule has 0 spiro atoms. The first kappa shape index (κ1) is 18.7. The van der Waals surface area contributed by atoms with Crippen molar-refractivity contribution in [3.8, 4) is 0 Å². The van der Waals surface area contributed by atoms with Crippen molar-refractivity contribution in [3.63, 3.8) is 0 Å². The van der Waals surface area contributed by atoms with Crippen LogP contribution in [0.5, 0.6) is 0 Å². The molecule has 2 aliphatic heterocycles. The van der Waals surface area contributed by atoms with Crippen molar-refractivity contribution in [2.75, 3.05) is 57.3 Å². The summed E-state index contributed by atoms with van der Waals surface area (Å²) in [6.07, 6.45) is 1.98. The van der Waals surface area contributed by atoms with Gasteiger partial charge in [-0.2, -0.15) is 0 Å². The van der Waals surface area contributed by atoms with Crippen LogP contribution in [0.15, 0.2) is 24.3 Å². The molecule has 3 fully saturated rings. The molecule has 0 N–H and O–H groups in total. The average Bonchev–Trinajstić information content (AvgIpc) is 3.55. The standard InChI is InChI=1S/C20H25FN4O3/c21-16-3-1-2-4-17(16)23-11-13-25(14-12-23)19(28)20(5-6-20)18(27)24-9-7-22(15-26)8-10-24/h1-4,15H,5-14H2. The van der Waals surface area contributed by atoms with Crippen LogP contribution in [0.1, 0.15) is 12.8 Å². The van der Waals surface area contributed by atoms with E-state index < -0.39 is 5.41 Å². The van der Waals surface area contributed by atoms with Crippen molar-refractivity contribution in [3.05, 3.63) is 30.1 Å². The third kappa shape index (κ3) is 3.31. The number of amides is 3. The summed E-state index contributed by atoms with van der Waals surface area (Å²) in [6.45, 7) is 4.06. The van der Waals surface area contributed by atoms with Gasteiger partial charge in [0.15, 0.2) is 0 Å². The Morgan fingerprint density at radius 3 is 1.89 bits per heavy atom. The molecule has 0 atom stereocenters. The zero-order chi connectivity index (χ0) is 19.7. The van der Waals surface area contributed by atoms with Crippen molar-refractivity contribution in [2.24, 2.45) is 5.41 Å². The topological polar surface area (TPSA) is 64.2 Å². The monoisotopic (exact) mass is 388 g/mol. The Kier molecular flexibility index (Phi) is 4.95. The first-order valence-corrected chi connectivity index (χ1v) is 9.83. The fourth-order valence-corrected chi connectivity index (χ4v) is 4.14. The number of carbonyl (C=O) groups is 3. The lowest BCUT2D eigenvalue weighted by Gasteiger charge is -2.39. The van der Waals surface area contributed by atoms with Gasteiger partial charge in [-0.05, 0) is 25.0 Å². The second kappa shape index (κ2) is 7.41. The molecular weight excluding hydrogens is 363 g/mol. The maximum absolute atomic E-state index is 14.0. The van der Waals surface area contributed by atoms with Gasteiger partial charge in [0.2, 0.25) is 18.2 Å². The number of piperazine rings is 2. The Hall–Kier alpha value is -2.64. The van der Waals surface area contributed by atoms with E-state index in [4.69, 9.17) is 0 Å². The number of anilines is 1. The highest BCUT2D eigenvalue weighted by Crippen LogP contribution is 2.49. The first-order valence-electron chi connectivity index (χ1n) is 9.83. The molecule has 28 heavy (non-hydrogen) atoms. The highest BCUT2D eigenvalue weighted by atomic mass is 19.1. The molecule has 2 saturated heterocycles. The van der Waals surface area contributed by atoms with E-state index in [1.54, 1.807) is 32.9 Å². The van der Waals surface area contributed by atoms with Gasteiger partial charge in [-0.15, -0.1) is 0 Å². The van der Waals surface area contributed by atoms with E-state index in [0.29, 0.717) is 70.9 Å². The van der Waals surface area contributed by atoms with E-state index in [-0.39, 0.29) is 17.6 Å². The molecule has 3 aliphatic rings. The fraction of sp³-hybridized carbons (Fsp3) is 0.550. The summed E-state index contributed by atoms with van der Waals surface area (Å²) < 4.78 is 14.0. The van der Waals surface area contributed by atoms with Gasteiger partial charge in [0.1, 0.15) is 11.2 Å². The molecule has 0 unspecified atom stereocenters. The third-order valence-electron chi connectivity index (χ3n) is 6.08. The minimum atomic E-state index is -0.913. The van der Waals surface area contributed by atoms with Gasteiger partial charge in [-0.3, -0.25) is 14.4 Å². The smallest absolute Gasteiger partial charge is 0.238 e. The number of hydrogen-bond acceptors (Lipinski definition) is 4. The second-order valence-corrected chi connectivity index (χ2v) is 7.75. The van der Waals surface area contributed by atoms with Crippen LogP contribution in [0.2, 0.25) is 0 Å². The maximum Gasteiger partial charge on any atom is 0.238 e. The summed E-state index contributed by atoms with van der Waals surface area (Å²) in [5, 5.41) is 0. The minimum absolute atomic E-state index is 0.0940. The van der Waals surface area contributed by atoms with Gasteiger partial charge in [0.25, 0.3) is 0 Å². The van der Waals surface area contributed by atoms with Crippen molar-refractivity contribution in [1.29, 1.82) is 0 Å². The van der Waals surface area contributed by atoms with Crippen LogP contribution in [0.4, 0.5) is 10.1 Å². The Balaban J connectivity index is 1.36. The van der Waals surface area contributed by atoms with Crippen LogP contribution < -0.4 is 4.90 Å². The van der Waals surface area contributed by atoms with Crippen molar-refractivity contribution >= 4 is 23.9 Å². The van der Waals surface area contributed by atoms with Crippen LogP contribution >= 0.6 is 0 Å². The molecule has 1 saturated carbocycles. The normalized spacial score (nSPS) is 21.5. The number of para-hydroxylation sites is 1. The molecule has 0 radical (unpaired) electrons. The van der Waals surface area contributed by atoms with Crippen molar-refractivity contribution < 1.29 is 18.8 Å². The zero-order valence-electron chi connectivity index (χ0n) is 15.8. The van der Waals surface area contributed by atoms with Crippen LogP contribution in [0.3, 0.4) is 0 Å². The molecule has 0 aromatic heterocycles. The molecule has 2 heterocycles. The third-order valence-corrected chi connectivity index (χ3v) is 6.08. The van der Waals surface area contributed by atoms with Crippen LogP contribution in [-0.4, -0.2) is 85.3 Å². The predicted octanol–water partition coefficient (Wildman–Crippen LogP) is 0.555. The summed E-state index contributed by atoms with van der Waals surface area (Å²) in [5.41, 5.74) is -0.358. The summed E-state index contributed by atoms with van der Waals surface area (Å²) in [4.78, 5) is 44.0. The number of carbonyl (C=O) groups excluding carboxylic acids is 3. The summed E-state index contributed by atoms with van der Waals surface area (Å²) in [6, 6.07) is 6.65. The Morgan fingerprint density at radius 1 is 0.857 bits per heavy atom. The highest BCUT2D eigenvalue weighted by molar-refractivity contribution is 6.08. The van der Waals surface area contributed by atoms with Crippen LogP contribution in [-0.2, 0) is 14.4 Å². The molecule has 1 aromatic carbocycles. The Bertz CT molecular complexity index is 766. The molecule has 0 bridgehead atoms. The molecule has 7 nitrogen and oxygen atoms in total. The second-order valence-electron chi connectivity index (χ2n) is 7.75. The van der Waals surface area contributed by atoms with Crippen LogP contribution in [0, 0.1) is 11.2 Å². The predicted molar refractivity (Wildman–Crippen MR) is 101 cm³/mol. The Labute approximate surface area is 163 Å². The number of rotatable bonds is 4. The molecule has 150 valence electrons. The number of hydrogen-bond donors (Lipinski definition) is 0. The lowest BCUT2D eigenvalue weighted by atomic mass is 10.0. The Morgan fingerprint density at radius 2 is 1.39 bits per heavy atom. The lowest BCUT2D eigenvalue weighted by Crippen LogP contribution is -2.56. The van der Waals surface area contributed by atoms with Gasteiger partial charge in [0, 0.05) is 52.4 Å². The average molecular weight is 388 g/mol. The van der Waals surface area contributed by atoms with E-state index in [1.165, 1.54) is 6.07 Å². The van der Waals surface area contributed by atoms with Gasteiger partial charge < -0.3 is 19.6 Å². The number of nitrogens with zero attached hydrogens (tertiary/aromatic N) is 4. The summed E-state index contributed by atoms with van der Waals surface area (Å²) >= 11 is 0. The number of halogens is 1. The molecule has 8 heteroatoms. The highest BCUT2D eigenvalue weighted by Gasteiger charge is 2.59. The fourth-order valence-electron chi connectivity index (χ4n) is 4.14. The van der Waals surface area contributed by atoms with E-state index in [2.05, 4.69) is 0 Å². The maximum atomic E-state index is 14.0. The van der Waals surface area contributed by atoms with E-state index in [1.807, 2.05) is 4.90 Å².